The highest BCUT2D eigenvalue weighted by atomic mass is 32.2. The van der Waals surface area contributed by atoms with Gasteiger partial charge in [-0.15, -0.1) is 11.8 Å². The summed E-state index contributed by atoms with van der Waals surface area (Å²) < 4.78 is 1.94. The van der Waals surface area contributed by atoms with Crippen molar-refractivity contribution in [1.82, 2.24) is 20.4 Å². The molecule has 0 saturated heterocycles. The zero-order valence-corrected chi connectivity index (χ0v) is 14.4. The van der Waals surface area contributed by atoms with Gasteiger partial charge in [0.05, 0.1) is 0 Å². The van der Waals surface area contributed by atoms with E-state index in [4.69, 9.17) is 0 Å². The van der Waals surface area contributed by atoms with Crippen LogP contribution in [0.3, 0.4) is 0 Å². The molecule has 1 aromatic heterocycles. The van der Waals surface area contributed by atoms with Gasteiger partial charge in [0.2, 0.25) is 0 Å². The Bertz CT molecular complexity index is 554. The molecule has 1 aromatic carbocycles. The van der Waals surface area contributed by atoms with Gasteiger partial charge in [0.1, 0.15) is 0 Å². The Kier molecular flexibility index (Phi) is 8.11. The van der Waals surface area contributed by atoms with E-state index in [-0.39, 0.29) is 0 Å². The summed E-state index contributed by atoms with van der Waals surface area (Å²) in [5, 5.41) is 10.9. The quantitative estimate of drug-likeness (QED) is 0.321. The third kappa shape index (κ3) is 7.23. The molecule has 0 spiro atoms. The number of thioether (sulfide) groups is 1. The van der Waals surface area contributed by atoms with E-state index in [9.17, 15) is 0 Å². The molecule has 0 amide bonds. The van der Waals surface area contributed by atoms with Crippen molar-refractivity contribution in [2.45, 2.75) is 24.8 Å². The zero-order chi connectivity index (χ0) is 16.2. The van der Waals surface area contributed by atoms with Crippen LogP contribution in [0.25, 0.3) is 0 Å². The van der Waals surface area contributed by atoms with Gasteiger partial charge in [-0.25, -0.2) is 0 Å². The van der Waals surface area contributed by atoms with Crippen molar-refractivity contribution < 1.29 is 0 Å². The van der Waals surface area contributed by atoms with Crippen LogP contribution in [0.4, 0.5) is 0 Å². The SMILES string of the molecule is CCNC(=NCCCn1cccn1)NCCSc1ccccc1. The first-order valence-corrected chi connectivity index (χ1v) is 9.04. The first-order valence-electron chi connectivity index (χ1n) is 8.06. The van der Waals surface area contributed by atoms with Gasteiger partial charge in [-0.3, -0.25) is 9.67 Å². The van der Waals surface area contributed by atoms with Gasteiger partial charge in [0, 0.05) is 49.2 Å². The third-order valence-electron chi connectivity index (χ3n) is 3.13. The van der Waals surface area contributed by atoms with Crippen molar-refractivity contribution >= 4 is 17.7 Å². The van der Waals surface area contributed by atoms with Gasteiger partial charge in [-0.1, -0.05) is 18.2 Å². The molecule has 0 atom stereocenters. The van der Waals surface area contributed by atoms with Crippen LogP contribution < -0.4 is 10.6 Å². The Morgan fingerprint density at radius 3 is 2.83 bits per heavy atom. The van der Waals surface area contributed by atoms with Gasteiger partial charge >= 0.3 is 0 Å². The van der Waals surface area contributed by atoms with Crippen LogP contribution in [-0.4, -0.2) is 41.1 Å². The Morgan fingerprint density at radius 1 is 1.22 bits per heavy atom. The zero-order valence-electron chi connectivity index (χ0n) is 13.6. The Balaban J connectivity index is 1.64. The van der Waals surface area contributed by atoms with Gasteiger partial charge in [0.15, 0.2) is 5.96 Å². The molecule has 0 unspecified atom stereocenters. The van der Waals surface area contributed by atoms with Gasteiger partial charge in [0.25, 0.3) is 0 Å². The van der Waals surface area contributed by atoms with Crippen molar-refractivity contribution in [3.63, 3.8) is 0 Å². The summed E-state index contributed by atoms with van der Waals surface area (Å²) in [6.45, 7) is 5.54. The van der Waals surface area contributed by atoms with Crippen LogP contribution >= 0.6 is 11.8 Å². The summed E-state index contributed by atoms with van der Waals surface area (Å²) in [6.07, 6.45) is 4.77. The molecule has 124 valence electrons. The summed E-state index contributed by atoms with van der Waals surface area (Å²) in [7, 11) is 0. The predicted molar refractivity (Wildman–Crippen MR) is 98.0 cm³/mol. The number of nitrogens with one attached hydrogen (secondary N) is 2. The molecule has 0 aliphatic carbocycles. The van der Waals surface area contributed by atoms with E-state index in [0.717, 1.165) is 44.3 Å². The average molecular weight is 331 g/mol. The number of nitrogens with zero attached hydrogens (tertiary/aromatic N) is 3. The monoisotopic (exact) mass is 331 g/mol. The molecule has 0 bridgehead atoms. The van der Waals surface area contributed by atoms with Crippen LogP contribution in [0.5, 0.6) is 0 Å². The molecule has 2 rings (SSSR count). The summed E-state index contributed by atoms with van der Waals surface area (Å²) >= 11 is 1.85. The normalized spacial score (nSPS) is 11.4. The standard InChI is InChI=1S/C17H25N5S/c1-2-18-17(19-10-6-13-22-14-7-11-21-22)20-12-15-23-16-8-4-3-5-9-16/h3-5,7-9,11,14H,2,6,10,12-13,15H2,1H3,(H2,18,19,20). The van der Waals surface area contributed by atoms with Crippen molar-refractivity contribution in [2.24, 2.45) is 4.99 Å². The fraction of sp³-hybridized carbons (Fsp3) is 0.412. The maximum atomic E-state index is 4.60. The number of aliphatic imine (C=N–C) groups is 1. The van der Waals surface area contributed by atoms with Crippen molar-refractivity contribution in [3.8, 4) is 0 Å². The smallest absolute Gasteiger partial charge is 0.191 e. The lowest BCUT2D eigenvalue weighted by Gasteiger charge is -2.11. The van der Waals surface area contributed by atoms with Crippen LogP contribution in [-0.2, 0) is 6.54 Å². The lowest BCUT2D eigenvalue weighted by Crippen LogP contribution is -2.38. The fourth-order valence-corrected chi connectivity index (χ4v) is 2.84. The highest BCUT2D eigenvalue weighted by molar-refractivity contribution is 7.99. The molecule has 0 aliphatic heterocycles. The molecule has 2 N–H and O–H groups in total. The number of benzene rings is 1. The molecule has 6 heteroatoms. The Hall–Kier alpha value is -1.95. The molecule has 0 radical (unpaired) electrons. The van der Waals surface area contributed by atoms with Gasteiger partial charge < -0.3 is 10.6 Å². The second-order valence-corrected chi connectivity index (χ2v) is 6.14. The van der Waals surface area contributed by atoms with Crippen LogP contribution in [0.15, 0.2) is 58.7 Å². The Labute approximate surface area is 142 Å². The average Bonchev–Trinajstić information content (AvgIpc) is 3.10. The number of aryl methyl sites for hydroxylation is 1. The lowest BCUT2D eigenvalue weighted by atomic mass is 10.4. The minimum atomic E-state index is 0.793. The van der Waals surface area contributed by atoms with Crippen LogP contribution in [0.2, 0.25) is 0 Å². The summed E-state index contributed by atoms with van der Waals surface area (Å²) in [6, 6.07) is 12.4. The van der Waals surface area contributed by atoms with Crippen molar-refractivity contribution in [1.29, 1.82) is 0 Å². The molecular weight excluding hydrogens is 306 g/mol. The van der Waals surface area contributed by atoms with Gasteiger partial charge in [-0.05, 0) is 31.5 Å². The molecule has 23 heavy (non-hydrogen) atoms. The highest BCUT2D eigenvalue weighted by Gasteiger charge is 1.98. The third-order valence-corrected chi connectivity index (χ3v) is 4.14. The first kappa shape index (κ1) is 17.4. The summed E-state index contributed by atoms with van der Waals surface area (Å²) in [5.74, 6) is 1.91. The second-order valence-electron chi connectivity index (χ2n) is 4.97. The van der Waals surface area contributed by atoms with E-state index in [1.54, 1.807) is 6.20 Å². The Morgan fingerprint density at radius 2 is 2.09 bits per heavy atom. The van der Waals surface area contributed by atoms with Crippen molar-refractivity contribution in [3.05, 3.63) is 48.8 Å². The molecule has 5 nitrogen and oxygen atoms in total. The second kappa shape index (κ2) is 10.7. The van der Waals surface area contributed by atoms with Crippen LogP contribution in [0, 0.1) is 0 Å². The number of guanidine groups is 1. The molecule has 0 aliphatic rings. The predicted octanol–water partition coefficient (Wildman–Crippen LogP) is 2.62. The summed E-state index contributed by atoms with van der Waals surface area (Å²) in [5.41, 5.74) is 0. The van der Waals surface area contributed by atoms with E-state index in [1.165, 1.54) is 4.90 Å². The first-order chi connectivity index (χ1) is 11.4. The lowest BCUT2D eigenvalue weighted by molar-refractivity contribution is 0.584. The number of aromatic nitrogens is 2. The van der Waals surface area contributed by atoms with Crippen LogP contribution in [0.1, 0.15) is 13.3 Å². The summed E-state index contributed by atoms with van der Waals surface area (Å²) in [4.78, 5) is 5.90. The van der Waals surface area contributed by atoms with Crippen molar-refractivity contribution in [2.75, 3.05) is 25.4 Å². The van der Waals surface area contributed by atoms with E-state index in [1.807, 2.05) is 34.8 Å². The molecule has 2 aromatic rings. The molecule has 0 saturated carbocycles. The number of hydrogen-bond acceptors (Lipinski definition) is 3. The maximum Gasteiger partial charge on any atom is 0.191 e. The highest BCUT2D eigenvalue weighted by Crippen LogP contribution is 2.15. The van der Waals surface area contributed by atoms with E-state index >= 15 is 0 Å². The van der Waals surface area contributed by atoms with E-state index < -0.39 is 0 Å². The number of rotatable bonds is 9. The molecule has 0 fully saturated rings. The largest absolute Gasteiger partial charge is 0.357 e. The van der Waals surface area contributed by atoms with Gasteiger partial charge in [-0.2, -0.15) is 5.10 Å². The maximum absolute atomic E-state index is 4.60. The number of hydrogen-bond donors (Lipinski definition) is 2. The molecule has 1 heterocycles. The fourth-order valence-electron chi connectivity index (χ4n) is 2.05. The topological polar surface area (TPSA) is 54.2 Å². The van der Waals surface area contributed by atoms with E-state index in [2.05, 4.69) is 51.9 Å². The molecular formula is C17H25N5S. The minimum absolute atomic E-state index is 0.793. The van der Waals surface area contributed by atoms with E-state index in [0.29, 0.717) is 0 Å². The minimum Gasteiger partial charge on any atom is -0.357 e.